The van der Waals surface area contributed by atoms with Gasteiger partial charge in [-0.25, -0.2) is 0 Å². The predicted molar refractivity (Wildman–Crippen MR) is 41.6 cm³/mol. The topological polar surface area (TPSA) is 77.8 Å². The molecule has 0 aromatic rings. The molecule has 0 bridgehead atoms. The summed E-state index contributed by atoms with van der Waals surface area (Å²) in [4.78, 5) is 10.6. The fraction of sp³-hybridized carbons (Fsp3) is 0.875. The number of hydrogen-bond acceptors (Lipinski definition) is 3. The summed E-state index contributed by atoms with van der Waals surface area (Å²) in [6.07, 6.45) is 0.174. The van der Waals surface area contributed by atoms with Crippen LogP contribution < -0.4 is 0 Å². The van der Waals surface area contributed by atoms with E-state index in [9.17, 15) is 15.0 Å². The SMILES string of the molecule is CC1(O)CC(C(=O)O)CCC1O. The van der Waals surface area contributed by atoms with Crippen LogP contribution in [0.15, 0.2) is 0 Å². The Hall–Kier alpha value is -0.610. The van der Waals surface area contributed by atoms with Gasteiger partial charge in [-0.05, 0) is 26.2 Å². The standard InChI is InChI=1S/C8H14O4/c1-8(12)4-5(7(10)11)2-3-6(8)9/h5-6,9,12H,2-4H2,1H3,(H,10,11). The van der Waals surface area contributed by atoms with Gasteiger partial charge in [0.05, 0.1) is 17.6 Å². The molecule has 0 aromatic carbocycles. The van der Waals surface area contributed by atoms with Crippen LogP contribution in [0.1, 0.15) is 26.2 Å². The van der Waals surface area contributed by atoms with Gasteiger partial charge in [-0.15, -0.1) is 0 Å². The maximum absolute atomic E-state index is 10.6. The lowest BCUT2D eigenvalue weighted by atomic mass is 9.77. The molecule has 1 aliphatic carbocycles. The van der Waals surface area contributed by atoms with Crippen LogP contribution in [0.2, 0.25) is 0 Å². The quantitative estimate of drug-likeness (QED) is 0.522. The fourth-order valence-corrected chi connectivity index (χ4v) is 1.62. The number of hydrogen-bond donors (Lipinski definition) is 3. The van der Waals surface area contributed by atoms with Crippen LogP contribution in [0.25, 0.3) is 0 Å². The number of carbonyl (C=O) groups is 1. The van der Waals surface area contributed by atoms with Gasteiger partial charge in [-0.3, -0.25) is 4.79 Å². The Morgan fingerprint density at radius 2 is 2.08 bits per heavy atom. The Labute approximate surface area is 70.8 Å². The summed E-state index contributed by atoms with van der Waals surface area (Å²) in [5, 5.41) is 27.5. The Morgan fingerprint density at radius 3 is 2.50 bits per heavy atom. The number of carboxylic acids is 1. The summed E-state index contributed by atoms with van der Waals surface area (Å²) in [6, 6.07) is 0. The number of aliphatic hydroxyl groups excluding tert-OH is 1. The normalized spacial score (nSPS) is 42.6. The molecule has 0 radical (unpaired) electrons. The molecule has 70 valence electrons. The Kier molecular flexibility index (Phi) is 2.39. The molecule has 0 aliphatic heterocycles. The second-order valence-corrected chi connectivity index (χ2v) is 3.69. The summed E-state index contributed by atoms with van der Waals surface area (Å²) in [6.45, 7) is 1.48. The molecule has 1 rings (SSSR count). The predicted octanol–water partition coefficient (Wildman–Crippen LogP) is -0.0170. The van der Waals surface area contributed by atoms with Crippen molar-refractivity contribution in [2.45, 2.75) is 37.9 Å². The smallest absolute Gasteiger partial charge is 0.306 e. The van der Waals surface area contributed by atoms with Crippen molar-refractivity contribution in [2.24, 2.45) is 5.92 Å². The van der Waals surface area contributed by atoms with Crippen molar-refractivity contribution in [2.75, 3.05) is 0 Å². The molecule has 3 atom stereocenters. The molecule has 3 N–H and O–H groups in total. The van der Waals surface area contributed by atoms with Crippen molar-refractivity contribution in [1.29, 1.82) is 0 Å². The van der Waals surface area contributed by atoms with E-state index < -0.39 is 23.6 Å². The average molecular weight is 174 g/mol. The van der Waals surface area contributed by atoms with E-state index in [0.717, 1.165) is 0 Å². The van der Waals surface area contributed by atoms with E-state index >= 15 is 0 Å². The molecule has 0 aromatic heterocycles. The highest BCUT2D eigenvalue weighted by Crippen LogP contribution is 2.32. The van der Waals surface area contributed by atoms with Gasteiger partial charge >= 0.3 is 5.97 Å². The van der Waals surface area contributed by atoms with Crippen molar-refractivity contribution in [3.63, 3.8) is 0 Å². The summed E-state index contributed by atoms with van der Waals surface area (Å²) in [7, 11) is 0. The van der Waals surface area contributed by atoms with Gasteiger partial charge in [0.2, 0.25) is 0 Å². The third-order valence-corrected chi connectivity index (χ3v) is 2.52. The highest BCUT2D eigenvalue weighted by Gasteiger charge is 2.40. The van der Waals surface area contributed by atoms with Gasteiger partial charge in [-0.1, -0.05) is 0 Å². The lowest BCUT2D eigenvalue weighted by Gasteiger charge is -2.36. The Morgan fingerprint density at radius 1 is 1.50 bits per heavy atom. The summed E-state index contributed by atoms with van der Waals surface area (Å²) in [5.74, 6) is -1.40. The molecular formula is C8H14O4. The van der Waals surface area contributed by atoms with E-state index in [-0.39, 0.29) is 6.42 Å². The third-order valence-electron chi connectivity index (χ3n) is 2.52. The van der Waals surface area contributed by atoms with Gasteiger partial charge in [-0.2, -0.15) is 0 Å². The first kappa shape index (κ1) is 9.48. The fourth-order valence-electron chi connectivity index (χ4n) is 1.62. The van der Waals surface area contributed by atoms with Gasteiger partial charge in [0.1, 0.15) is 0 Å². The van der Waals surface area contributed by atoms with Crippen LogP contribution in [-0.2, 0) is 4.79 Å². The van der Waals surface area contributed by atoms with Gasteiger partial charge in [0, 0.05) is 0 Å². The van der Waals surface area contributed by atoms with Crippen LogP contribution in [-0.4, -0.2) is 33.0 Å². The minimum Gasteiger partial charge on any atom is -0.481 e. The molecule has 4 heteroatoms. The van der Waals surface area contributed by atoms with E-state index in [0.29, 0.717) is 12.8 Å². The third kappa shape index (κ3) is 1.76. The molecule has 12 heavy (non-hydrogen) atoms. The zero-order valence-electron chi connectivity index (χ0n) is 7.03. The van der Waals surface area contributed by atoms with Crippen LogP contribution in [0, 0.1) is 5.92 Å². The van der Waals surface area contributed by atoms with Crippen molar-refractivity contribution >= 4 is 5.97 Å². The monoisotopic (exact) mass is 174 g/mol. The molecule has 3 unspecified atom stereocenters. The second-order valence-electron chi connectivity index (χ2n) is 3.69. The molecule has 1 saturated carbocycles. The Balaban J connectivity index is 2.63. The van der Waals surface area contributed by atoms with E-state index in [1.54, 1.807) is 0 Å². The van der Waals surface area contributed by atoms with E-state index in [1.165, 1.54) is 6.92 Å². The molecule has 0 heterocycles. The molecule has 0 saturated heterocycles. The average Bonchev–Trinajstić information content (AvgIpc) is 1.94. The lowest BCUT2D eigenvalue weighted by molar-refractivity contribution is -0.153. The highest BCUT2D eigenvalue weighted by molar-refractivity contribution is 5.70. The maximum atomic E-state index is 10.6. The minimum absolute atomic E-state index is 0.142. The maximum Gasteiger partial charge on any atom is 0.306 e. The number of carboxylic acid groups (broad SMARTS) is 1. The first-order valence-corrected chi connectivity index (χ1v) is 4.07. The molecule has 0 amide bonds. The van der Waals surface area contributed by atoms with E-state index in [4.69, 9.17) is 5.11 Å². The van der Waals surface area contributed by atoms with Crippen LogP contribution in [0.4, 0.5) is 0 Å². The number of aliphatic carboxylic acids is 1. The minimum atomic E-state index is -1.23. The first-order valence-electron chi connectivity index (χ1n) is 4.07. The van der Waals surface area contributed by atoms with Crippen molar-refractivity contribution < 1.29 is 20.1 Å². The second kappa shape index (κ2) is 3.03. The summed E-state index contributed by atoms with van der Waals surface area (Å²) >= 11 is 0. The summed E-state index contributed by atoms with van der Waals surface area (Å²) in [5.41, 5.74) is -1.23. The van der Waals surface area contributed by atoms with Crippen molar-refractivity contribution in [3.05, 3.63) is 0 Å². The van der Waals surface area contributed by atoms with Gasteiger partial charge in [0.25, 0.3) is 0 Å². The zero-order chi connectivity index (χ0) is 9.35. The Bertz CT molecular complexity index is 187. The van der Waals surface area contributed by atoms with Gasteiger partial charge < -0.3 is 15.3 Å². The highest BCUT2D eigenvalue weighted by atomic mass is 16.4. The lowest BCUT2D eigenvalue weighted by Crippen LogP contribution is -2.46. The molecule has 1 fully saturated rings. The van der Waals surface area contributed by atoms with E-state index in [1.807, 2.05) is 0 Å². The van der Waals surface area contributed by atoms with Crippen molar-refractivity contribution in [1.82, 2.24) is 0 Å². The molecule has 0 spiro atoms. The van der Waals surface area contributed by atoms with Crippen LogP contribution >= 0.6 is 0 Å². The van der Waals surface area contributed by atoms with Crippen LogP contribution in [0.5, 0.6) is 0 Å². The first-order chi connectivity index (χ1) is 5.43. The largest absolute Gasteiger partial charge is 0.481 e. The molecule has 4 nitrogen and oxygen atoms in total. The summed E-state index contributed by atoms with van der Waals surface area (Å²) < 4.78 is 0. The number of rotatable bonds is 1. The van der Waals surface area contributed by atoms with E-state index in [2.05, 4.69) is 0 Å². The van der Waals surface area contributed by atoms with Gasteiger partial charge in [0.15, 0.2) is 0 Å². The molecule has 1 aliphatic rings. The molecular weight excluding hydrogens is 160 g/mol. The van der Waals surface area contributed by atoms with Crippen LogP contribution in [0.3, 0.4) is 0 Å². The zero-order valence-corrected chi connectivity index (χ0v) is 7.03. The van der Waals surface area contributed by atoms with Crippen molar-refractivity contribution in [3.8, 4) is 0 Å². The number of aliphatic hydroxyl groups is 2.